The van der Waals surface area contributed by atoms with Gasteiger partial charge in [0.1, 0.15) is 12.1 Å². The topological polar surface area (TPSA) is 142 Å². The maximum atomic E-state index is 12.7. The number of esters is 1. The smallest absolute Gasteiger partial charge is 0.328 e. The van der Waals surface area contributed by atoms with Gasteiger partial charge in [-0.1, -0.05) is 142 Å². The van der Waals surface area contributed by atoms with E-state index in [0.717, 1.165) is 64.2 Å². The first-order valence-electron chi connectivity index (χ1n) is 21.1. The Morgan fingerprint density at radius 2 is 1.00 bits per heavy atom. The van der Waals surface area contributed by atoms with E-state index in [0.29, 0.717) is 19.3 Å². The first-order valence-corrected chi connectivity index (χ1v) is 21.1. The van der Waals surface area contributed by atoms with Gasteiger partial charge in [0.2, 0.25) is 11.8 Å². The average molecular weight is 723 g/mol. The zero-order valence-corrected chi connectivity index (χ0v) is 32.9. The molecule has 0 radical (unpaired) electrons. The third-order valence-corrected chi connectivity index (χ3v) is 9.51. The van der Waals surface area contributed by atoms with Crippen LogP contribution < -0.4 is 10.6 Å². The quantitative estimate of drug-likeness (QED) is 0.0282. The SMILES string of the molecule is CCCCCC/C=C\CCCCCCCC(=O)OC(CCCCCCCCCCCC)CCCCCCCC(=O)NCC(=O)NC(CO)C(=O)O. The summed E-state index contributed by atoms with van der Waals surface area (Å²) in [5.41, 5.74) is 0. The number of carboxylic acids is 1. The Kier molecular flexibility index (Phi) is 35.6. The van der Waals surface area contributed by atoms with Gasteiger partial charge in [-0.15, -0.1) is 0 Å². The van der Waals surface area contributed by atoms with Crippen molar-refractivity contribution >= 4 is 23.8 Å². The number of aliphatic hydroxyl groups is 1. The summed E-state index contributed by atoms with van der Waals surface area (Å²) in [6.45, 7) is 3.47. The molecule has 51 heavy (non-hydrogen) atoms. The highest BCUT2D eigenvalue weighted by Crippen LogP contribution is 2.19. The second kappa shape index (κ2) is 37.3. The van der Waals surface area contributed by atoms with Crippen LogP contribution in [0.25, 0.3) is 0 Å². The lowest BCUT2D eigenvalue weighted by molar-refractivity contribution is -0.150. The van der Waals surface area contributed by atoms with Crippen LogP contribution in [-0.2, 0) is 23.9 Å². The molecule has 4 N–H and O–H groups in total. The summed E-state index contributed by atoms with van der Waals surface area (Å²) >= 11 is 0. The van der Waals surface area contributed by atoms with Crippen molar-refractivity contribution < 1.29 is 34.1 Å². The molecule has 0 spiro atoms. The lowest BCUT2D eigenvalue weighted by Gasteiger charge is -2.18. The molecule has 9 nitrogen and oxygen atoms in total. The zero-order chi connectivity index (χ0) is 37.6. The fraction of sp³-hybridized carbons (Fsp3) is 0.857. The van der Waals surface area contributed by atoms with Crippen LogP contribution in [0.4, 0.5) is 0 Å². The number of rotatable bonds is 38. The number of amides is 2. The fourth-order valence-electron chi connectivity index (χ4n) is 6.24. The number of allylic oxidation sites excluding steroid dienone is 2. The molecular weight excluding hydrogens is 644 g/mol. The Bertz CT molecular complexity index is 879. The largest absolute Gasteiger partial charge is 0.480 e. The van der Waals surface area contributed by atoms with Crippen LogP contribution in [0.1, 0.15) is 206 Å². The fourth-order valence-corrected chi connectivity index (χ4v) is 6.24. The predicted octanol–water partition coefficient (Wildman–Crippen LogP) is 9.88. The summed E-state index contributed by atoms with van der Waals surface area (Å²) in [5.74, 6) is -2.29. The molecule has 2 amide bonds. The van der Waals surface area contributed by atoms with Crippen LogP contribution in [-0.4, -0.2) is 59.3 Å². The van der Waals surface area contributed by atoms with Gasteiger partial charge in [0, 0.05) is 12.8 Å². The normalized spacial score (nSPS) is 12.5. The molecule has 2 atom stereocenters. The molecule has 0 saturated carbocycles. The minimum absolute atomic E-state index is 0.0104. The van der Waals surface area contributed by atoms with Crippen LogP contribution in [0.5, 0.6) is 0 Å². The van der Waals surface area contributed by atoms with Gasteiger partial charge in [0.15, 0.2) is 0 Å². The molecule has 0 aromatic heterocycles. The van der Waals surface area contributed by atoms with Crippen LogP contribution in [0, 0.1) is 0 Å². The molecule has 0 aliphatic heterocycles. The van der Waals surface area contributed by atoms with Gasteiger partial charge in [-0.05, 0) is 64.2 Å². The number of nitrogens with one attached hydrogen (secondary N) is 2. The number of carbonyl (C=O) groups is 4. The number of hydrogen-bond acceptors (Lipinski definition) is 6. The summed E-state index contributed by atoms with van der Waals surface area (Å²) in [7, 11) is 0. The Morgan fingerprint density at radius 3 is 1.49 bits per heavy atom. The van der Waals surface area contributed by atoms with Crippen molar-refractivity contribution in [1.82, 2.24) is 10.6 Å². The maximum absolute atomic E-state index is 12.7. The van der Waals surface area contributed by atoms with Gasteiger partial charge >= 0.3 is 11.9 Å². The first kappa shape index (κ1) is 48.6. The molecule has 0 fully saturated rings. The Balaban J connectivity index is 4.28. The number of aliphatic hydroxyl groups excluding tert-OH is 1. The van der Waals surface area contributed by atoms with Crippen molar-refractivity contribution in [1.29, 1.82) is 0 Å². The van der Waals surface area contributed by atoms with Gasteiger partial charge in [-0.3, -0.25) is 14.4 Å². The van der Waals surface area contributed by atoms with E-state index in [1.165, 1.54) is 109 Å². The van der Waals surface area contributed by atoms with Crippen LogP contribution >= 0.6 is 0 Å². The zero-order valence-electron chi connectivity index (χ0n) is 32.9. The summed E-state index contributed by atoms with van der Waals surface area (Å²) in [6, 6.07) is -1.38. The van der Waals surface area contributed by atoms with E-state index in [2.05, 4.69) is 36.6 Å². The van der Waals surface area contributed by atoms with Crippen molar-refractivity contribution in [2.24, 2.45) is 0 Å². The van der Waals surface area contributed by atoms with Gasteiger partial charge in [-0.2, -0.15) is 0 Å². The van der Waals surface area contributed by atoms with Gasteiger partial charge in [0.05, 0.1) is 13.2 Å². The Hall–Kier alpha value is -2.42. The lowest BCUT2D eigenvalue weighted by Crippen LogP contribution is -2.47. The van der Waals surface area contributed by atoms with E-state index in [1.807, 2.05) is 0 Å². The maximum Gasteiger partial charge on any atom is 0.328 e. The summed E-state index contributed by atoms with van der Waals surface area (Å²) in [4.78, 5) is 47.5. The number of carbonyl (C=O) groups excluding carboxylic acids is 3. The van der Waals surface area contributed by atoms with Crippen LogP contribution in [0.3, 0.4) is 0 Å². The van der Waals surface area contributed by atoms with Crippen molar-refractivity contribution in [2.75, 3.05) is 13.2 Å². The molecule has 0 heterocycles. The molecule has 0 aromatic carbocycles. The molecule has 0 saturated heterocycles. The van der Waals surface area contributed by atoms with E-state index in [-0.39, 0.29) is 24.5 Å². The number of ether oxygens (including phenoxy) is 1. The van der Waals surface area contributed by atoms with E-state index < -0.39 is 24.5 Å². The van der Waals surface area contributed by atoms with Gasteiger partial charge in [0.25, 0.3) is 0 Å². The summed E-state index contributed by atoms with van der Waals surface area (Å²) in [5, 5.41) is 22.5. The number of unbranched alkanes of at least 4 members (excludes halogenated alkanes) is 22. The van der Waals surface area contributed by atoms with E-state index in [4.69, 9.17) is 14.9 Å². The Labute approximate surface area is 311 Å². The molecule has 0 rings (SSSR count). The molecule has 298 valence electrons. The highest BCUT2D eigenvalue weighted by atomic mass is 16.5. The second-order valence-electron chi connectivity index (χ2n) is 14.4. The number of aliphatic carboxylic acids is 1. The summed E-state index contributed by atoms with van der Waals surface area (Å²) in [6.07, 6.45) is 38.0. The van der Waals surface area contributed by atoms with Crippen molar-refractivity contribution in [3.05, 3.63) is 12.2 Å². The van der Waals surface area contributed by atoms with E-state index in [1.54, 1.807) is 0 Å². The standard InChI is InChI=1S/C42H78N2O7/c1-3-5-7-9-11-13-15-16-17-19-21-26-30-34-41(48)51-37(31-27-23-20-18-14-12-10-8-6-4-2)32-28-24-22-25-29-33-39(46)43-35-40(47)44-38(36-45)42(49)50/h13,15,37-38,45H,3-12,14,16-36H2,1-2H3,(H,43,46)(H,44,47)(H,49,50)/b15-13-. The molecule has 0 aliphatic rings. The average Bonchev–Trinajstić information content (AvgIpc) is 3.11. The number of hydrogen-bond donors (Lipinski definition) is 4. The van der Waals surface area contributed by atoms with Crippen LogP contribution in [0.15, 0.2) is 12.2 Å². The van der Waals surface area contributed by atoms with E-state index >= 15 is 0 Å². The van der Waals surface area contributed by atoms with Crippen molar-refractivity contribution in [2.45, 2.75) is 219 Å². The molecule has 0 aromatic rings. The highest BCUT2D eigenvalue weighted by molar-refractivity contribution is 5.87. The molecule has 2 unspecified atom stereocenters. The van der Waals surface area contributed by atoms with Gasteiger partial charge < -0.3 is 25.6 Å². The van der Waals surface area contributed by atoms with Gasteiger partial charge in [-0.25, -0.2) is 4.79 Å². The molecular formula is C42H78N2O7. The first-order chi connectivity index (χ1) is 24.8. The lowest BCUT2D eigenvalue weighted by atomic mass is 10.0. The summed E-state index contributed by atoms with van der Waals surface area (Å²) < 4.78 is 6.01. The third kappa shape index (κ3) is 34.4. The molecule has 9 heteroatoms. The Morgan fingerprint density at radius 1 is 0.569 bits per heavy atom. The molecule has 0 bridgehead atoms. The van der Waals surface area contributed by atoms with E-state index in [9.17, 15) is 19.2 Å². The molecule has 0 aliphatic carbocycles. The highest BCUT2D eigenvalue weighted by Gasteiger charge is 2.19. The third-order valence-electron chi connectivity index (χ3n) is 9.51. The predicted molar refractivity (Wildman–Crippen MR) is 209 cm³/mol. The van der Waals surface area contributed by atoms with Crippen molar-refractivity contribution in [3.8, 4) is 0 Å². The minimum atomic E-state index is -1.38. The number of carboxylic acid groups (broad SMARTS) is 1. The minimum Gasteiger partial charge on any atom is -0.480 e. The van der Waals surface area contributed by atoms with Crippen LogP contribution in [0.2, 0.25) is 0 Å². The monoisotopic (exact) mass is 723 g/mol. The van der Waals surface area contributed by atoms with Crippen molar-refractivity contribution in [3.63, 3.8) is 0 Å². The second-order valence-corrected chi connectivity index (χ2v) is 14.4.